The SMILES string of the molecule is Cc1cnccc1C(=O)Nc1ccc(-c2cc(-c3ncco3)sc2C)cc1. The van der Waals surface area contributed by atoms with Gasteiger partial charge in [-0.15, -0.1) is 11.3 Å². The second kappa shape index (κ2) is 7.17. The van der Waals surface area contributed by atoms with Crippen molar-refractivity contribution in [3.63, 3.8) is 0 Å². The number of hydrogen-bond donors (Lipinski definition) is 1. The van der Waals surface area contributed by atoms with Gasteiger partial charge in [0.2, 0.25) is 5.89 Å². The number of nitrogens with zero attached hydrogens (tertiary/aromatic N) is 2. The van der Waals surface area contributed by atoms with E-state index in [4.69, 9.17) is 4.42 Å². The van der Waals surface area contributed by atoms with Crippen LogP contribution in [-0.2, 0) is 0 Å². The quantitative estimate of drug-likeness (QED) is 0.523. The molecule has 3 heterocycles. The highest BCUT2D eigenvalue weighted by molar-refractivity contribution is 7.15. The summed E-state index contributed by atoms with van der Waals surface area (Å²) in [6.07, 6.45) is 6.52. The average molecular weight is 375 g/mol. The molecule has 0 unspecified atom stereocenters. The van der Waals surface area contributed by atoms with E-state index in [1.165, 1.54) is 4.88 Å². The molecule has 6 heteroatoms. The molecule has 27 heavy (non-hydrogen) atoms. The lowest BCUT2D eigenvalue weighted by Crippen LogP contribution is -2.13. The summed E-state index contributed by atoms with van der Waals surface area (Å²) in [6, 6.07) is 11.6. The monoisotopic (exact) mass is 375 g/mol. The molecule has 1 aromatic carbocycles. The van der Waals surface area contributed by atoms with E-state index >= 15 is 0 Å². The zero-order valence-corrected chi connectivity index (χ0v) is 15.7. The summed E-state index contributed by atoms with van der Waals surface area (Å²) in [6.45, 7) is 3.95. The first-order chi connectivity index (χ1) is 13.1. The first kappa shape index (κ1) is 17.2. The zero-order chi connectivity index (χ0) is 18.8. The van der Waals surface area contributed by atoms with E-state index in [0.29, 0.717) is 11.5 Å². The number of pyridine rings is 1. The number of carbonyl (C=O) groups is 1. The predicted octanol–water partition coefficient (Wildman–Crippen LogP) is 5.33. The lowest BCUT2D eigenvalue weighted by molar-refractivity contribution is 0.102. The molecule has 0 aliphatic heterocycles. The third-order valence-electron chi connectivity index (χ3n) is 4.28. The number of thiophene rings is 1. The van der Waals surface area contributed by atoms with E-state index in [1.54, 1.807) is 42.3 Å². The molecule has 0 atom stereocenters. The van der Waals surface area contributed by atoms with Gasteiger partial charge in [-0.2, -0.15) is 0 Å². The largest absolute Gasteiger partial charge is 0.444 e. The highest BCUT2D eigenvalue weighted by Gasteiger charge is 2.13. The van der Waals surface area contributed by atoms with Gasteiger partial charge in [-0.25, -0.2) is 4.98 Å². The molecule has 3 aromatic heterocycles. The first-order valence-corrected chi connectivity index (χ1v) is 9.26. The van der Waals surface area contributed by atoms with Gasteiger partial charge in [0.1, 0.15) is 6.26 Å². The van der Waals surface area contributed by atoms with Crippen molar-refractivity contribution < 1.29 is 9.21 Å². The second-order valence-electron chi connectivity index (χ2n) is 6.14. The maximum Gasteiger partial charge on any atom is 0.256 e. The fourth-order valence-electron chi connectivity index (χ4n) is 2.88. The molecule has 0 saturated heterocycles. The number of oxazole rings is 1. The van der Waals surface area contributed by atoms with Crippen molar-refractivity contribution in [3.05, 3.63) is 77.3 Å². The third-order valence-corrected chi connectivity index (χ3v) is 5.32. The Bertz CT molecular complexity index is 1080. The number of aryl methyl sites for hydroxylation is 2. The molecule has 1 amide bonds. The van der Waals surface area contributed by atoms with Crippen LogP contribution in [0.2, 0.25) is 0 Å². The summed E-state index contributed by atoms with van der Waals surface area (Å²) in [4.78, 5) is 22.8. The van der Waals surface area contributed by atoms with Gasteiger partial charge in [0.05, 0.1) is 11.1 Å². The number of hydrogen-bond acceptors (Lipinski definition) is 5. The molecule has 0 radical (unpaired) electrons. The second-order valence-corrected chi connectivity index (χ2v) is 7.40. The van der Waals surface area contributed by atoms with Crippen molar-refractivity contribution in [2.24, 2.45) is 0 Å². The molecule has 4 aromatic rings. The molecular weight excluding hydrogens is 358 g/mol. The molecule has 134 valence electrons. The van der Waals surface area contributed by atoms with Gasteiger partial charge in [-0.3, -0.25) is 9.78 Å². The Morgan fingerprint density at radius 1 is 1.11 bits per heavy atom. The molecular formula is C21H17N3O2S. The van der Waals surface area contributed by atoms with Gasteiger partial charge in [0.15, 0.2) is 0 Å². The summed E-state index contributed by atoms with van der Waals surface area (Å²) in [5.74, 6) is 0.492. The van der Waals surface area contributed by atoms with Gasteiger partial charge in [0.25, 0.3) is 5.91 Å². The van der Waals surface area contributed by atoms with Gasteiger partial charge in [-0.1, -0.05) is 12.1 Å². The molecule has 0 bridgehead atoms. The van der Waals surface area contributed by atoms with E-state index in [9.17, 15) is 4.79 Å². The lowest BCUT2D eigenvalue weighted by Gasteiger charge is -2.08. The third kappa shape index (κ3) is 3.52. The highest BCUT2D eigenvalue weighted by atomic mass is 32.1. The number of aromatic nitrogens is 2. The molecule has 0 aliphatic carbocycles. The van der Waals surface area contributed by atoms with Crippen LogP contribution in [-0.4, -0.2) is 15.9 Å². The lowest BCUT2D eigenvalue weighted by atomic mass is 10.1. The normalized spacial score (nSPS) is 10.7. The fraction of sp³-hybridized carbons (Fsp3) is 0.0952. The molecule has 1 N–H and O–H groups in total. The van der Waals surface area contributed by atoms with Crippen molar-refractivity contribution >= 4 is 22.9 Å². The zero-order valence-electron chi connectivity index (χ0n) is 14.9. The Balaban J connectivity index is 1.55. The first-order valence-electron chi connectivity index (χ1n) is 8.44. The van der Waals surface area contributed by atoms with E-state index in [1.807, 2.05) is 31.2 Å². The summed E-state index contributed by atoms with van der Waals surface area (Å²) in [7, 11) is 0. The smallest absolute Gasteiger partial charge is 0.256 e. The van der Waals surface area contributed by atoms with Crippen LogP contribution >= 0.6 is 11.3 Å². The van der Waals surface area contributed by atoms with E-state index in [2.05, 4.69) is 28.3 Å². The molecule has 5 nitrogen and oxygen atoms in total. The van der Waals surface area contributed by atoms with Gasteiger partial charge >= 0.3 is 0 Å². The van der Waals surface area contributed by atoms with Crippen LogP contribution in [0.5, 0.6) is 0 Å². The van der Waals surface area contributed by atoms with Crippen molar-refractivity contribution in [3.8, 4) is 21.9 Å². The maximum atomic E-state index is 12.4. The minimum absolute atomic E-state index is 0.138. The van der Waals surface area contributed by atoms with Crippen molar-refractivity contribution in [1.82, 2.24) is 9.97 Å². The van der Waals surface area contributed by atoms with Crippen LogP contribution in [0.4, 0.5) is 5.69 Å². The number of amides is 1. The standard InChI is InChI=1S/C21H17N3O2S/c1-13-12-22-8-7-17(13)20(25)24-16-5-3-15(4-6-16)18-11-19(27-14(18)2)21-23-9-10-26-21/h3-12H,1-2H3,(H,24,25). The highest BCUT2D eigenvalue weighted by Crippen LogP contribution is 2.36. The Morgan fingerprint density at radius 2 is 1.93 bits per heavy atom. The molecule has 0 spiro atoms. The minimum Gasteiger partial charge on any atom is -0.444 e. The Kier molecular flexibility index (Phi) is 4.56. The Morgan fingerprint density at radius 3 is 2.63 bits per heavy atom. The Labute approximate surface area is 160 Å². The molecule has 4 rings (SSSR count). The van der Waals surface area contributed by atoms with E-state index in [-0.39, 0.29) is 5.91 Å². The van der Waals surface area contributed by atoms with Crippen LogP contribution in [0, 0.1) is 13.8 Å². The molecule has 0 aliphatic rings. The topological polar surface area (TPSA) is 68.0 Å². The predicted molar refractivity (Wildman–Crippen MR) is 107 cm³/mol. The van der Waals surface area contributed by atoms with Gasteiger partial charge in [0, 0.05) is 28.5 Å². The van der Waals surface area contributed by atoms with E-state index in [0.717, 1.165) is 27.3 Å². The van der Waals surface area contributed by atoms with Crippen LogP contribution in [0.15, 0.2) is 65.7 Å². The number of nitrogens with one attached hydrogen (secondary N) is 1. The van der Waals surface area contributed by atoms with Crippen molar-refractivity contribution in [2.75, 3.05) is 5.32 Å². The minimum atomic E-state index is -0.138. The number of rotatable bonds is 4. The number of anilines is 1. The summed E-state index contributed by atoms with van der Waals surface area (Å²) >= 11 is 1.65. The van der Waals surface area contributed by atoms with Crippen molar-refractivity contribution in [1.29, 1.82) is 0 Å². The number of benzene rings is 1. The Hall–Kier alpha value is -3.25. The average Bonchev–Trinajstić information content (AvgIpc) is 3.32. The van der Waals surface area contributed by atoms with Gasteiger partial charge < -0.3 is 9.73 Å². The fourth-order valence-corrected chi connectivity index (χ4v) is 3.86. The van der Waals surface area contributed by atoms with Crippen LogP contribution in [0.3, 0.4) is 0 Å². The van der Waals surface area contributed by atoms with Gasteiger partial charge in [-0.05, 0) is 54.8 Å². The maximum absolute atomic E-state index is 12.4. The van der Waals surface area contributed by atoms with Crippen LogP contribution in [0.25, 0.3) is 21.9 Å². The van der Waals surface area contributed by atoms with E-state index < -0.39 is 0 Å². The number of carbonyl (C=O) groups excluding carboxylic acids is 1. The van der Waals surface area contributed by atoms with Crippen molar-refractivity contribution in [2.45, 2.75) is 13.8 Å². The summed E-state index contributed by atoms with van der Waals surface area (Å²) in [5, 5.41) is 2.93. The summed E-state index contributed by atoms with van der Waals surface area (Å²) < 4.78 is 5.39. The molecule has 0 fully saturated rings. The van der Waals surface area contributed by atoms with Crippen LogP contribution < -0.4 is 5.32 Å². The molecule has 0 saturated carbocycles. The van der Waals surface area contributed by atoms with Crippen LogP contribution in [0.1, 0.15) is 20.8 Å². The summed E-state index contributed by atoms with van der Waals surface area (Å²) in [5.41, 5.74) is 4.44.